The Hall–Kier alpha value is -2.39. The smallest absolute Gasteiger partial charge is 0.407 e. The normalized spacial score (nSPS) is 17.7. The molecule has 0 spiro atoms. The molecule has 1 N–H and O–H groups in total. The van der Waals surface area contributed by atoms with Crippen molar-refractivity contribution in [3.63, 3.8) is 0 Å². The van der Waals surface area contributed by atoms with E-state index in [1.165, 1.54) is 4.90 Å². The number of carbonyl (C=O) groups is 1. The van der Waals surface area contributed by atoms with Crippen molar-refractivity contribution >= 4 is 30.7 Å². The van der Waals surface area contributed by atoms with Gasteiger partial charge in [-0.3, -0.25) is 4.40 Å². The number of likely N-dealkylation sites (tertiary alicyclic amines) is 1. The number of rotatable bonds is 7. The molecule has 174 valence electrons. The zero-order valence-electron chi connectivity index (χ0n) is 19.8. The van der Waals surface area contributed by atoms with Crippen LogP contribution < -0.4 is 0 Å². The summed E-state index contributed by atoms with van der Waals surface area (Å²) in [7, 11) is -1.13. The summed E-state index contributed by atoms with van der Waals surface area (Å²) >= 11 is 0. The topological polar surface area (TPSA) is 84.9 Å². The third kappa shape index (κ3) is 4.54. The van der Waals surface area contributed by atoms with Gasteiger partial charge in [0.15, 0.2) is 0 Å². The van der Waals surface area contributed by atoms with Crippen molar-refractivity contribution in [2.45, 2.75) is 70.9 Å². The van der Waals surface area contributed by atoms with Gasteiger partial charge in [-0.2, -0.15) is 0 Å². The van der Waals surface area contributed by atoms with E-state index in [9.17, 15) is 9.90 Å². The Labute approximate surface area is 190 Å². The average molecular weight is 458 g/mol. The van der Waals surface area contributed by atoms with Crippen LogP contribution in [0.2, 0.25) is 25.7 Å². The van der Waals surface area contributed by atoms with Gasteiger partial charge in [0.05, 0.1) is 11.2 Å². The van der Waals surface area contributed by atoms with Gasteiger partial charge in [-0.05, 0) is 25.0 Å². The van der Waals surface area contributed by atoms with Crippen molar-refractivity contribution in [3.8, 4) is 0 Å². The molecule has 1 unspecified atom stereocenters. The van der Waals surface area contributed by atoms with Crippen LogP contribution in [-0.4, -0.2) is 62.8 Å². The van der Waals surface area contributed by atoms with E-state index in [4.69, 9.17) is 14.7 Å². The molecular formula is C23H35N5O3Si. The molecule has 0 bridgehead atoms. The highest BCUT2D eigenvalue weighted by atomic mass is 28.3. The zero-order valence-corrected chi connectivity index (χ0v) is 20.8. The lowest BCUT2D eigenvalue weighted by molar-refractivity contribution is 0.0899. The number of hydrogen-bond acceptors (Lipinski definition) is 4. The first-order valence-electron chi connectivity index (χ1n) is 11.6. The van der Waals surface area contributed by atoms with Gasteiger partial charge in [-0.25, -0.2) is 14.8 Å². The van der Waals surface area contributed by atoms with E-state index in [-0.39, 0.29) is 11.8 Å². The van der Waals surface area contributed by atoms with Crippen LogP contribution in [0, 0.1) is 0 Å². The van der Waals surface area contributed by atoms with Gasteiger partial charge >= 0.3 is 6.09 Å². The molecule has 9 heteroatoms. The van der Waals surface area contributed by atoms with Crippen LogP contribution in [0.5, 0.6) is 0 Å². The summed E-state index contributed by atoms with van der Waals surface area (Å²) in [5.41, 5.74) is 2.93. The summed E-state index contributed by atoms with van der Waals surface area (Å²) in [4.78, 5) is 22.9. The molecule has 0 saturated carbocycles. The number of carboxylic acid groups (broad SMARTS) is 1. The molecular weight excluding hydrogens is 422 g/mol. The van der Waals surface area contributed by atoms with Gasteiger partial charge in [-0.15, -0.1) is 0 Å². The number of aromatic nitrogens is 4. The highest BCUT2D eigenvalue weighted by molar-refractivity contribution is 6.76. The third-order valence-electron chi connectivity index (χ3n) is 6.27. The van der Waals surface area contributed by atoms with Crippen molar-refractivity contribution in [3.05, 3.63) is 30.1 Å². The Balaban J connectivity index is 1.71. The number of fused-ring (bicyclic) bond motifs is 3. The van der Waals surface area contributed by atoms with Crippen LogP contribution in [0.25, 0.3) is 16.6 Å². The van der Waals surface area contributed by atoms with Gasteiger partial charge in [0.2, 0.25) is 0 Å². The summed E-state index contributed by atoms with van der Waals surface area (Å²) in [6.07, 6.45) is 4.84. The van der Waals surface area contributed by atoms with Crippen molar-refractivity contribution < 1.29 is 14.6 Å². The molecule has 0 aliphatic carbocycles. The Bertz CT molecular complexity index is 1110. The minimum Gasteiger partial charge on any atom is -0.465 e. The fourth-order valence-electron chi connectivity index (χ4n) is 4.47. The van der Waals surface area contributed by atoms with Crippen molar-refractivity contribution in [2.24, 2.45) is 0 Å². The summed E-state index contributed by atoms with van der Waals surface area (Å²) in [5, 5.41) is 10.6. The van der Waals surface area contributed by atoms with Crippen molar-refractivity contribution in [1.82, 2.24) is 23.8 Å². The first-order chi connectivity index (χ1) is 15.2. The summed E-state index contributed by atoms with van der Waals surface area (Å²) in [6.45, 7) is 13.6. The molecule has 32 heavy (non-hydrogen) atoms. The fourth-order valence-corrected chi connectivity index (χ4v) is 5.23. The maximum atomic E-state index is 11.6. The van der Waals surface area contributed by atoms with Crippen LogP contribution in [0.3, 0.4) is 0 Å². The van der Waals surface area contributed by atoms with Gasteiger partial charge in [0, 0.05) is 51.2 Å². The molecule has 3 aromatic rings. The molecule has 1 aliphatic heterocycles. The Morgan fingerprint density at radius 3 is 2.81 bits per heavy atom. The molecule has 0 aromatic carbocycles. The Kier molecular flexibility index (Phi) is 6.31. The lowest BCUT2D eigenvalue weighted by Crippen LogP contribution is -2.38. The van der Waals surface area contributed by atoms with Crippen LogP contribution in [0.15, 0.2) is 18.6 Å². The quantitative estimate of drug-likeness (QED) is 0.400. The predicted molar refractivity (Wildman–Crippen MR) is 128 cm³/mol. The predicted octanol–water partition coefficient (Wildman–Crippen LogP) is 4.98. The van der Waals surface area contributed by atoms with Crippen LogP contribution in [-0.2, 0) is 11.5 Å². The van der Waals surface area contributed by atoms with Crippen molar-refractivity contribution in [2.75, 3.05) is 19.7 Å². The third-order valence-corrected chi connectivity index (χ3v) is 7.98. The van der Waals surface area contributed by atoms with E-state index in [0.717, 1.165) is 53.6 Å². The highest BCUT2D eigenvalue weighted by Gasteiger charge is 2.29. The van der Waals surface area contributed by atoms with Crippen LogP contribution in [0.4, 0.5) is 4.79 Å². The zero-order chi connectivity index (χ0) is 23.0. The second-order valence-electron chi connectivity index (χ2n) is 10.4. The molecule has 4 heterocycles. The molecule has 1 fully saturated rings. The number of ether oxygens (including phenoxy) is 1. The largest absolute Gasteiger partial charge is 0.465 e. The molecule has 8 nitrogen and oxygen atoms in total. The standard InChI is InChI=1S/C23H35N5O3Si/c1-16(2)21-25-19(17-7-6-9-26(13-17)23(29)30)20-18-8-10-27(22(18)24-14-28(20)21)15-31-11-12-32(3,4)5/h8,10,14,16-17H,6-7,9,11-13,15H2,1-5H3,(H,29,30). The Morgan fingerprint density at radius 2 is 2.12 bits per heavy atom. The molecule has 0 radical (unpaired) electrons. The van der Waals surface area contributed by atoms with E-state index >= 15 is 0 Å². The van der Waals surface area contributed by atoms with E-state index in [2.05, 4.69) is 48.5 Å². The second-order valence-corrected chi connectivity index (χ2v) is 16.0. The number of nitrogens with zero attached hydrogens (tertiary/aromatic N) is 5. The molecule has 3 aromatic heterocycles. The minimum atomic E-state index is -1.13. The van der Waals surface area contributed by atoms with E-state index in [1.54, 1.807) is 0 Å². The lowest BCUT2D eigenvalue weighted by Gasteiger charge is -2.30. The molecule has 4 rings (SSSR count). The van der Waals surface area contributed by atoms with Gasteiger partial charge in [-0.1, -0.05) is 33.5 Å². The summed E-state index contributed by atoms with van der Waals surface area (Å²) < 4.78 is 10.1. The van der Waals surface area contributed by atoms with Gasteiger partial charge < -0.3 is 19.3 Å². The first-order valence-corrected chi connectivity index (χ1v) is 15.3. The fraction of sp³-hybridized carbons (Fsp3) is 0.609. The molecule has 1 amide bonds. The average Bonchev–Trinajstić information content (AvgIpc) is 3.32. The number of amides is 1. The number of imidazole rings is 1. The SMILES string of the molecule is CC(C)c1nc(C2CCCN(C(=O)O)C2)c2c3ccn(COCC[Si](C)(C)C)c3ncn12. The highest BCUT2D eigenvalue weighted by Crippen LogP contribution is 2.34. The van der Waals surface area contributed by atoms with E-state index in [0.29, 0.717) is 19.8 Å². The minimum absolute atomic E-state index is 0.0873. The molecule has 1 aliphatic rings. The first kappa shape index (κ1) is 22.8. The summed E-state index contributed by atoms with van der Waals surface area (Å²) in [5.74, 6) is 1.29. The lowest BCUT2D eigenvalue weighted by atomic mass is 9.94. The molecule has 1 atom stereocenters. The number of hydrogen-bond donors (Lipinski definition) is 1. The maximum Gasteiger partial charge on any atom is 0.407 e. The van der Waals surface area contributed by atoms with Crippen molar-refractivity contribution in [1.29, 1.82) is 0 Å². The monoisotopic (exact) mass is 457 g/mol. The number of piperidine rings is 1. The van der Waals surface area contributed by atoms with E-state index in [1.807, 2.05) is 12.5 Å². The van der Waals surface area contributed by atoms with Gasteiger partial charge in [0.1, 0.15) is 24.5 Å². The van der Waals surface area contributed by atoms with Gasteiger partial charge in [0.25, 0.3) is 0 Å². The second kappa shape index (κ2) is 8.86. The van der Waals surface area contributed by atoms with Crippen LogP contribution in [0.1, 0.15) is 50.0 Å². The van der Waals surface area contributed by atoms with Crippen LogP contribution >= 0.6 is 0 Å². The van der Waals surface area contributed by atoms with E-state index < -0.39 is 14.2 Å². The summed E-state index contributed by atoms with van der Waals surface area (Å²) in [6, 6.07) is 3.22. The maximum absolute atomic E-state index is 11.6. The molecule has 1 saturated heterocycles. The Morgan fingerprint density at radius 1 is 1.34 bits per heavy atom.